The standard InChI is InChI=1S/C18H18N4O3S3/c1-3-25-13-6-4-12(5-7-13)10-14-16(24)22(18(26)28-14)9-8-15(23)19-17-21-20-11(2)27-17/h4-7,10H,3,8-9H2,1-2H3,(H,19,21,23)/b14-10-. The van der Waals surface area contributed by atoms with Crippen molar-refractivity contribution in [2.75, 3.05) is 18.5 Å². The molecule has 2 heterocycles. The van der Waals surface area contributed by atoms with Gasteiger partial charge in [0.15, 0.2) is 0 Å². The molecule has 10 heteroatoms. The molecule has 0 bridgehead atoms. The van der Waals surface area contributed by atoms with E-state index in [1.165, 1.54) is 28.0 Å². The number of carbonyl (C=O) groups is 2. The predicted octanol–water partition coefficient (Wildman–Crippen LogP) is 3.48. The van der Waals surface area contributed by atoms with Crippen molar-refractivity contribution in [1.29, 1.82) is 0 Å². The largest absolute Gasteiger partial charge is 0.494 e. The molecule has 0 aliphatic carbocycles. The summed E-state index contributed by atoms with van der Waals surface area (Å²) in [6.45, 7) is 4.55. The summed E-state index contributed by atoms with van der Waals surface area (Å²) >= 11 is 7.84. The molecule has 0 atom stereocenters. The monoisotopic (exact) mass is 434 g/mol. The molecule has 1 aromatic heterocycles. The van der Waals surface area contributed by atoms with Crippen LogP contribution in [0.25, 0.3) is 6.08 Å². The lowest BCUT2D eigenvalue weighted by Crippen LogP contribution is -2.31. The highest BCUT2D eigenvalue weighted by Crippen LogP contribution is 2.32. The van der Waals surface area contributed by atoms with Crippen LogP contribution in [-0.4, -0.2) is 44.4 Å². The van der Waals surface area contributed by atoms with E-state index in [4.69, 9.17) is 17.0 Å². The summed E-state index contributed by atoms with van der Waals surface area (Å²) in [5, 5.41) is 11.6. The number of hydrogen-bond donors (Lipinski definition) is 1. The average molecular weight is 435 g/mol. The Bertz CT molecular complexity index is 924. The minimum absolute atomic E-state index is 0.126. The number of carbonyl (C=O) groups excluding carboxylic acids is 2. The molecule has 0 saturated carbocycles. The van der Waals surface area contributed by atoms with E-state index in [0.29, 0.717) is 21.0 Å². The van der Waals surface area contributed by atoms with E-state index >= 15 is 0 Å². The van der Waals surface area contributed by atoms with Crippen LogP contribution in [-0.2, 0) is 9.59 Å². The maximum atomic E-state index is 12.6. The van der Waals surface area contributed by atoms with E-state index in [-0.39, 0.29) is 24.8 Å². The van der Waals surface area contributed by atoms with Crippen LogP contribution in [0.15, 0.2) is 29.2 Å². The van der Waals surface area contributed by atoms with Gasteiger partial charge in [-0.15, -0.1) is 10.2 Å². The van der Waals surface area contributed by atoms with E-state index in [1.807, 2.05) is 38.1 Å². The highest BCUT2D eigenvalue weighted by molar-refractivity contribution is 8.26. The predicted molar refractivity (Wildman–Crippen MR) is 115 cm³/mol. The van der Waals surface area contributed by atoms with Crippen LogP contribution >= 0.6 is 35.3 Å². The average Bonchev–Trinajstić information content (AvgIpc) is 3.18. The molecule has 1 N–H and O–H groups in total. The van der Waals surface area contributed by atoms with Gasteiger partial charge in [0, 0.05) is 13.0 Å². The van der Waals surface area contributed by atoms with Gasteiger partial charge in [0.05, 0.1) is 11.5 Å². The third-order valence-corrected chi connectivity index (χ3v) is 5.83. The Labute approximate surface area is 176 Å². The van der Waals surface area contributed by atoms with Crippen LogP contribution in [0.2, 0.25) is 0 Å². The molecule has 3 rings (SSSR count). The molecule has 0 radical (unpaired) electrons. The number of ether oxygens (including phenoxy) is 1. The number of nitrogens with one attached hydrogen (secondary N) is 1. The highest BCUT2D eigenvalue weighted by atomic mass is 32.2. The SMILES string of the molecule is CCOc1ccc(/C=C2\SC(=S)N(CCC(=O)Nc3nnc(C)s3)C2=O)cc1. The number of benzene rings is 1. The third-order valence-electron chi connectivity index (χ3n) is 3.70. The Morgan fingerprint density at radius 3 is 2.71 bits per heavy atom. The van der Waals surface area contributed by atoms with Crippen molar-refractivity contribution in [3.8, 4) is 5.75 Å². The maximum Gasteiger partial charge on any atom is 0.266 e. The molecular formula is C18H18N4O3S3. The number of hydrogen-bond acceptors (Lipinski definition) is 8. The first-order valence-electron chi connectivity index (χ1n) is 8.54. The van der Waals surface area contributed by atoms with Gasteiger partial charge in [-0.25, -0.2) is 0 Å². The minimum atomic E-state index is -0.235. The molecule has 1 saturated heterocycles. The number of aryl methyl sites for hydroxylation is 1. The Hall–Kier alpha value is -2.30. The van der Waals surface area contributed by atoms with Gasteiger partial charge in [-0.05, 0) is 37.6 Å². The number of amides is 2. The quantitative estimate of drug-likeness (QED) is 0.527. The van der Waals surface area contributed by atoms with Gasteiger partial charge in [0.2, 0.25) is 11.0 Å². The third kappa shape index (κ3) is 5.15. The summed E-state index contributed by atoms with van der Waals surface area (Å²) in [4.78, 5) is 26.7. The van der Waals surface area contributed by atoms with Gasteiger partial charge in [-0.1, -0.05) is 47.4 Å². The zero-order valence-electron chi connectivity index (χ0n) is 15.3. The summed E-state index contributed by atoms with van der Waals surface area (Å²) in [5.41, 5.74) is 0.883. The fraction of sp³-hybridized carbons (Fsp3) is 0.278. The second kappa shape index (κ2) is 9.26. The Balaban J connectivity index is 1.58. The summed E-state index contributed by atoms with van der Waals surface area (Å²) in [7, 11) is 0. The van der Waals surface area contributed by atoms with E-state index in [2.05, 4.69) is 15.5 Å². The summed E-state index contributed by atoms with van der Waals surface area (Å²) < 4.78 is 5.86. The first-order valence-corrected chi connectivity index (χ1v) is 10.6. The van der Waals surface area contributed by atoms with Crippen molar-refractivity contribution in [3.63, 3.8) is 0 Å². The maximum absolute atomic E-state index is 12.6. The van der Waals surface area contributed by atoms with Crippen molar-refractivity contribution in [3.05, 3.63) is 39.7 Å². The molecular weight excluding hydrogens is 416 g/mol. The first kappa shape index (κ1) is 20.4. The molecule has 7 nitrogen and oxygen atoms in total. The molecule has 2 aromatic rings. The first-order chi connectivity index (χ1) is 13.5. The normalized spacial score (nSPS) is 15.4. The fourth-order valence-electron chi connectivity index (χ4n) is 2.41. The second-order valence-electron chi connectivity index (χ2n) is 5.76. The minimum Gasteiger partial charge on any atom is -0.494 e. The molecule has 2 amide bonds. The number of nitrogens with zero attached hydrogens (tertiary/aromatic N) is 3. The van der Waals surface area contributed by atoms with E-state index in [1.54, 1.807) is 6.08 Å². The second-order valence-corrected chi connectivity index (χ2v) is 8.62. The van der Waals surface area contributed by atoms with E-state index < -0.39 is 0 Å². The zero-order valence-corrected chi connectivity index (χ0v) is 17.7. The van der Waals surface area contributed by atoms with Gasteiger partial charge < -0.3 is 10.1 Å². The van der Waals surface area contributed by atoms with Crippen molar-refractivity contribution in [2.24, 2.45) is 0 Å². The van der Waals surface area contributed by atoms with Gasteiger partial charge in [0.25, 0.3) is 5.91 Å². The lowest BCUT2D eigenvalue weighted by molar-refractivity contribution is -0.122. The molecule has 1 aliphatic heterocycles. The number of aromatic nitrogens is 2. The van der Waals surface area contributed by atoms with Gasteiger partial charge in [-0.2, -0.15) is 0 Å². The number of thioether (sulfide) groups is 1. The number of thiocarbonyl (C=S) groups is 1. The van der Waals surface area contributed by atoms with Crippen molar-refractivity contribution in [1.82, 2.24) is 15.1 Å². The molecule has 0 spiro atoms. The van der Waals surface area contributed by atoms with Crippen LogP contribution in [0.4, 0.5) is 5.13 Å². The van der Waals surface area contributed by atoms with E-state index in [9.17, 15) is 9.59 Å². The van der Waals surface area contributed by atoms with E-state index in [0.717, 1.165) is 16.3 Å². The lowest BCUT2D eigenvalue weighted by atomic mass is 10.2. The van der Waals surface area contributed by atoms with Crippen LogP contribution in [0, 0.1) is 6.92 Å². The van der Waals surface area contributed by atoms with Crippen LogP contribution in [0.5, 0.6) is 5.75 Å². The highest BCUT2D eigenvalue weighted by Gasteiger charge is 2.32. The Kier molecular flexibility index (Phi) is 6.76. The van der Waals surface area contributed by atoms with Crippen LogP contribution < -0.4 is 10.1 Å². The summed E-state index contributed by atoms with van der Waals surface area (Å²) in [6.07, 6.45) is 1.92. The van der Waals surface area contributed by atoms with Crippen molar-refractivity contribution in [2.45, 2.75) is 20.3 Å². The van der Waals surface area contributed by atoms with Crippen LogP contribution in [0.1, 0.15) is 23.9 Å². The summed E-state index contributed by atoms with van der Waals surface area (Å²) in [6, 6.07) is 7.48. The molecule has 0 unspecified atom stereocenters. The molecule has 146 valence electrons. The van der Waals surface area contributed by atoms with Crippen LogP contribution in [0.3, 0.4) is 0 Å². The summed E-state index contributed by atoms with van der Waals surface area (Å²) in [5.74, 6) is 0.355. The Morgan fingerprint density at radius 2 is 2.07 bits per heavy atom. The number of anilines is 1. The smallest absolute Gasteiger partial charge is 0.266 e. The van der Waals surface area contributed by atoms with Gasteiger partial charge >= 0.3 is 0 Å². The molecule has 1 aromatic carbocycles. The zero-order chi connectivity index (χ0) is 20.1. The lowest BCUT2D eigenvalue weighted by Gasteiger charge is -2.13. The number of rotatable bonds is 7. The van der Waals surface area contributed by atoms with Gasteiger partial charge in [0.1, 0.15) is 15.1 Å². The molecule has 1 fully saturated rings. The van der Waals surface area contributed by atoms with Crippen molar-refractivity contribution >= 4 is 62.7 Å². The molecule has 28 heavy (non-hydrogen) atoms. The topological polar surface area (TPSA) is 84.4 Å². The Morgan fingerprint density at radius 1 is 1.32 bits per heavy atom. The molecule has 1 aliphatic rings. The fourth-order valence-corrected chi connectivity index (χ4v) is 4.33. The van der Waals surface area contributed by atoms with Crippen molar-refractivity contribution < 1.29 is 14.3 Å². The van der Waals surface area contributed by atoms with Gasteiger partial charge in [-0.3, -0.25) is 14.5 Å².